The average Bonchev–Trinajstić information content (AvgIpc) is 2.89. The maximum atomic E-state index is 12.9. The van der Waals surface area contributed by atoms with Crippen LogP contribution in [0.1, 0.15) is 54.4 Å². The van der Waals surface area contributed by atoms with Crippen molar-refractivity contribution in [3.8, 4) is 0 Å². The zero-order valence-corrected chi connectivity index (χ0v) is 12.7. The number of aromatic nitrogens is 2. The van der Waals surface area contributed by atoms with Crippen LogP contribution in [0.3, 0.4) is 0 Å². The Hall–Kier alpha value is -1.36. The number of hydrogen-bond acceptors (Lipinski definition) is 3. The van der Waals surface area contributed by atoms with Gasteiger partial charge in [0.15, 0.2) is 5.69 Å². The monoisotopic (exact) mass is 288 g/mol. The molecule has 1 amide bonds. The van der Waals surface area contributed by atoms with Crippen molar-refractivity contribution in [3.63, 3.8) is 0 Å². The van der Waals surface area contributed by atoms with E-state index in [0.29, 0.717) is 11.1 Å². The van der Waals surface area contributed by atoms with E-state index >= 15 is 0 Å². The summed E-state index contributed by atoms with van der Waals surface area (Å²) in [4.78, 5) is 14.9. The summed E-state index contributed by atoms with van der Waals surface area (Å²) in [5, 5.41) is 10.7. The number of nitrogens with one attached hydrogen (secondary N) is 2. The van der Waals surface area contributed by atoms with Gasteiger partial charge < -0.3 is 10.2 Å². The summed E-state index contributed by atoms with van der Waals surface area (Å²) in [6.45, 7) is 5.91. The van der Waals surface area contributed by atoms with Crippen LogP contribution in [0.15, 0.2) is 0 Å². The largest absolute Gasteiger partial charge is 0.337 e. The summed E-state index contributed by atoms with van der Waals surface area (Å²) in [5.41, 5.74) is 3.29. The first-order chi connectivity index (χ1) is 10.2. The van der Waals surface area contributed by atoms with Crippen molar-refractivity contribution in [2.24, 2.45) is 11.3 Å². The van der Waals surface area contributed by atoms with Crippen LogP contribution in [0.25, 0.3) is 0 Å². The van der Waals surface area contributed by atoms with Crippen molar-refractivity contribution in [2.45, 2.75) is 45.6 Å². The fraction of sp³-hybridized carbons (Fsp3) is 0.750. The number of carbonyl (C=O) groups excluding carboxylic acids is 1. The summed E-state index contributed by atoms with van der Waals surface area (Å²) in [7, 11) is 0. The van der Waals surface area contributed by atoms with Gasteiger partial charge in [0.1, 0.15) is 0 Å². The summed E-state index contributed by atoms with van der Waals surface area (Å²) >= 11 is 0. The van der Waals surface area contributed by atoms with Crippen molar-refractivity contribution < 1.29 is 4.79 Å². The van der Waals surface area contributed by atoms with E-state index in [1.807, 2.05) is 0 Å². The maximum absolute atomic E-state index is 12.9. The summed E-state index contributed by atoms with van der Waals surface area (Å²) < 4.78 is 0. The number of aromatic amines is 1. The molecule has 1 aromatic rings. The minimum atomic E-state index is 0.134. The van der Waals surface area contributed by atoms with E-state index in [4.69, 9.17) is 0 Å². The van der Waals surface area contributed by atoms with Gasteiger partial charge in [-0.1, -0.05) is 13.3 Å². The number of carbonyl (C=O) groups is 1. The van der Waals surface area contributed by atoms with Gasteiger partial charge in [0.05, 0.1) is 0 Å². The lowest BCUT2D eigenvalue weighted by molar-refractivity contribution is -0.0210. The number of fused-ring (bicyclic) bond motifs is 1. The minimum Gasteiger partial charge on any atom is -0.337 e. The van der Waals surface area contributed by atoms with Crippen LogP contribution < -0.4 is 5.32 Å². The van der Waals surface area contributed by atoms with Gasteiger partial charge in [-0.3, -0.25) is 9.89 Å². The molecule has 0 radical (unpaired) electrons. The predicted molar refractivity (Wildman–Crippen MR) is 80.0 cm³/mol. The van der Waals surface area contributed by atoms with Crippen LogP contribution in [-0.2, 0) is 13.0 Å². The standard InChI is InChI=1S/C16H24N4O/c1-11-4-8-20(10-16(11)5-2-6-16)15(21)14-12-9-17-7-3-13(12)18-19-14/h11,17H,2-10H2,1H3,(H,18,19). The molecule has 1 saturated heterocycles. The average molecular weight is 288 g/mol. The first kappa shape index (κ1) is 13.3. The van der Waals surface area contributed by atoms with Crippen molar-refractivity contribution in [1.82, 2.24) is 20.4 Å². The third-order valence-electron chi connectivity index (χ3n) is 6.03. The van der Waals surface area contributed by atoms with E-state index in [1.54, 1.807) is 0 Å². The Morgan fingerprint density at radius 1 is 1.43 bits per heavy atom. The summed E-state index contributed by atoms with van der Waals surface area (Å²) in [5.74, 6) is 0.888. The number of piperidine rings is 1. The zero-order valence-electron chi connectivity index (χ0n) is 12.7. The van der Waals surface area contributed by atoms with Crippen molar-refractivity contribution in [1.29, 1.82) is 0 Å². The topological polar surface area (TPSA) is 61.0 Å². The second-order valence-corrected chi connectivity index (χ2v) is 7.09. The van der Waals surface area contributed by atoms with Gasteiger partial charge in [0, 0.05) is 43.9 Å². The zero-order chi connectivity index (χ0) is 14.4. The highest BCUT2D eigenvalue weighted by molar-refractivity contribution is 5.94. The smallest absolute Gasteiger partial charge is 0.274 e. The molecule has 5 nitrogen and oxygen atoms in total. The Kier molecular flexibility index (Phi) is 3.06. The molecular formula is C16H24N4O. The Balaban J connectivity index is 1.56. The van der Waals surface area contributed by atoms with E-state index in [9.17, 15) is 4.79 Å². The van der Waals surface area contributed by atoms with Crippen LogP contribution in [0.4, 0.5) is 0 Å². The number of amides is 1. The fourth-order valence-electron chi connectivity index (χ4n) is 4.28. The molecule has 21 heavy (non-hydrogen) atoms. The van der Waals surface area contributed by atoms with Gasteiger partial charge in [-0.15, -0.1) is 0 Å². The Morgan fingerprint density at radius 3 is 3.05 bits per heavy atom. The third kappa shape index (κ3) is 2.01. The third-order valence-corrected chi connectivity index (χ3v) is 6.03. The lowest BCUT2D eigenvalue weighted by Crippen LogP contribution is -2.53. The van der Waals surface area contributed by atoms with Gasteiger partial charge in [-0.05, 0) is 30.6 Å². The SMILES string of the molecule is CC1CCN(C(=O)c2n[nH]c3c2CNCC3)CC12CCC2. The normalized spacial score (nSPS) is 27.3. The minimum absolute atomic E-state index is 0.134. The molecule has 1 spiro atoms. The van der Waals surface area contributed by atoms with Crippen molar-refractivity contribution in [2.75, 3.05) is 19.6 Å². The number of rotatable bonds is 1. The molecule has 1 unspecified atom stereocenters. The molecule has 1 aromatic heterocycles. The first-order valence-electron chi connectivity index (χ1n) is 8.26. The highest BCUT2D eigenvalue weighted by Crippen LogP contribution is 2.51. The van der Waals surface area contributed by atoms with Gasteiger partial charge in [0.2, 0.25) is 0 Å². The highest BCUT2D eigenvalue weighted by atomic mass is 16.2. The molecule has 1 atom stereocenters. The number of likely N-dealkylation sites (tertiary alicyclic amines) is 1. The molecular weight excluding hydrogens is 264 g/mol. The molecule has 5 heteroatoms. The van der Waals surface area contributed by atoms with Crippen LogP contribution in [0, 0.1) is 11.3 Å². The molecule has 0 bridgehead atoms. The van der Waals surface area contributed by atoms with E-state index in [-0.39, 0.29) is 5.91 Å². The first-order valence-corrected chi connectivity index (χ1v) is 8.26. The van der Waals surface area contributed by atoms with Crippen LogP contribution in [-0.4, -0.2) is 40.6 Å². The number of hydrogen-bond donors (Lipinski definition) is 2. The van der Waals surface area contributed by atoms with Gasteiger partial charge in [0.25, 0.3) is 5.91 Å². The van der Waals surface area contributed by atoms with Crippen molar-refractivity contribution >= 4 is 5.91 Å². The summed E-state index contributed by atoms with van der Waals surface area (Å²) in [6, 6.07) is 0. The second-order valence-electron chi connectivity index (χ2n) is 7.09. The number of nitrogens with zero attached hydrogens (tertiary/aromatic N) is 2. The summed E-state index contributed by atoms with van der Waals surface area (Å²) in [6.07, 6.45) is 5.98. The van der Waals surface area contributed by atoms with Gasteiger partial charge in [-0.25, -0.2) is 0 Å². The molecule has 3 heterocycles. The predicted octanol–water partition coefficient (Wildman–Crippen LogP) is 1.71. The maximum Gasteiger partial charge on any atom is 0.274 e. The molecule has 1 saturated carbocycles. The molecule has 114 valence electrons. The van der Waals surface area contributed by atoms with Crippen LogP contribution in [0.2, 0.25) is 0 Å². The highest BCUT2D eigenvalue weighted by Gasteiger charge is 2.46. The van der Waals surface area contributed by atoms with Gasteiger partial charge >= 0.3 is 0 Å². The second kappa shape index (κ2) is 4.83. The fourth-order valence-corrected chi connectivity index (χ4v) is 4.28. The quantitative estimate of drug-likeness (QED) is 0.827. The molecule has 4 rings (SSSR count). The van der Waals surface area contributed by atoms with Crippen LogP contribution >= 0.6 is 0 Å². The Morgan fingerprint density at radius 2 is 2.29 bits per heavy atom. The molecule has 2 N–H and O–H groups in total. The Labute approximate surface area is 125 Å². The number of H-pyrrole nitrogens is 1. The lowest BCUT2D eigenvalue weighted by atomic mass is 9.59. The molecule has 2 aliphatic heterocycles. The molecule has 3 aliphatic rings. The molecule has 1 aliphatic carbocycles. The molecule has 2 fully saturated rings. The van der Waals surface area contributed by atoms with Crippen molar-refractivity contribution in [3.05, 3.63) is 17.0 Å². The van der Waals surface area contributed by atoms with Gasteiger partial charge in [-0.2, -0.15) is 5.10 Å². The lowest BCUT2D eigenvalue weighted by Gasteiger charge is -2.53. The van der Waals surface area contributed by atoms with Crippen LogP contribution in [0.5, 0.6) is 0 Å². The van der Waals surface area contributed by atoms with E-state index < -0.39 is 0 Å². The van der Waals surface area contributed by atoms with E-state index in [1.165, 1.54) is 19.3 Å². The Bertz CT molecular complexity index is 561. The van der Waals surface area contributed by atoms with E-state index in [2.05, 4.69) is 27.3 Å². The van der Waals surface area contributed by atoms with E-state index in [0.717, 1.165) is 56.2 Å². The molecule has 0 aromatic carbocycles.